The second kappa shape index (κ2) is 7.24. The number of carbonyl (C=O) groups is 2. The molecular weight excluding hydrogens is 284 g/mol. The molecule has 1 aromatic rings. The molecule has 1 aromatic heterocycles. The highest BCUT2D eigenvalue weighted by Gasteiger charge is 2.23. The summed E-state index contributed by atoms with van der Waals surface area (Å²) in [5.41, 5.74) is 0.360. The Labute approximate surface area is 129 Å². The molecule has 1 heterocycles. The lowest BCUT2D eigenvalue weighted by atomic mass is 9.96. The van der Waals surface area contributed by atoms with Crippen LogP contribution in [0, 0.1) is 5.92 Å². The molecule has 1 atom stereocenters. The molecule has 6 nitrogen and oxygen atoms in total. The monoisotopic (exact) mass is 306 g/mol. The number of hydrogen-bond donors (Lipinski definition) is 2. The van der Waals surface area contributed by atoms with Gasteiger partial charge in [-0.15, -0.1) is 0 Å². The smallest absolute Gasteiger partial charge is 0.326 e. The number of carbonyl (C=O) groups excluding carboxylic acids is 1. The van der Waals surface area contributed by atoms with E-state index in [9.17, 15) is 14.7 Å². The minimum Gasteiger partial charge on any atom is -0.480 e. The summed E-state index contributed by atoms with van der Waals surface area (Å²) >= 11 is 0. The first-order valence-corrected chi connectivity index (χ1v) is 7.62. The van der Waals surface area contributed by atoms with Gasteiger partial charge in [0, 0.05) is 17.8 Å². The standard InChI is InChI=1S/C16H22N2O4/c1-10(2)8-13(16(20)21)18-15(19)11-6-7-17-14(9-11)22-12-4-3-5-12/h6-7,9-10,12-13H,3-5,8H2,1-2H3,(H,18,19)(H,20,21). The first-order chi connectivity index (χ1) is 10.5. The molecule has 6 heteroatoms. The normalized spacial score (nSPS) is 16.0. The first-order valence-electron chi connectivity index (χ1n) is 7.62. The summed E-state index contributed by atoms with van der Waals surface area (Å²) in [6.07, 6.45) is 5.23. The van der Waals surface area contributed by atoms with Crippen LogP contribution >= 0.6 is 0 Å². The lowest BCUT2D eigenvalue weighted by Gasteiger charge is -2.25. The van der Waals surface area contributed by atoms with Crippen LogP contribution in [0.3, 0.4) is 0 Å². The van der Waals surface area contributed by atoms with Gasteiger partial charge in [0.2, 0.25) is 5.88 Å². The maximum absolute atomic E-state index is 12.2. The molecule has 0 spiro atoms. The Morgan fingerprint density at radius 1 is 1.45 bits per heavy atom. The quantitative estimate of drug-likeness (QED) is 0.806. The molecule has 0 saturated heterocycles. The molecule has 1 saturated carbocycles. The van der Waals surface area contributed by atoms with Crippen molar-refractivity contribution in [2.24, 2.45) is 5.92 Å². The number of pyridine rings is 1. The minimum absolute atomic E-state index is 0.177. The third-order valence-corrected chi connectivity index (χ3v) is 3.65. The molecule has 1 unspecified atom stereocenters. The van der Waals surface area contributed by atoms with E-state index in [0.717, 1.165) is 19.3 Å². The molecule has 1 aliphatic carbocycles. The molecule has 0 aliphatic heterocycles. The van der Waals surface area contributed by atoms with Crippen molar-refractivity contribution >= 4 is 11.9 Å². The first kappa shape index (κ1) is 16.3. The third kappa shape index (κ3) is 4.44. The van der Waals surface area contributed by atoms with E-state index in [1.54, 1.807) is 12.1 Å². The van der Waals surface area contributed by atoms with Crippen molar-refractivity contribution in [3.63, 3.8) is 0 Å². The van der Waals surface area contributed by atoms with Crippen LogP contribution in [-0.2, 0) is 4.79 Å². The Hall–Kier alpha value is -2.11. The van der Waals surface area contributed by atoms with Gasteiger partial charge in [-0.3, -0.25) is 4.79 Å². The zero-order valence-corrected chi connectivity index (χ0v) is 12.9. The van der Waals surface area contributed by atoms with E-state index in [4.69, 9.17) is 4.74 Å². The van der Waals surface area contributed by atoms with Gasteiger partial charge in [-0.2, -0.15) is 0 Å². The predicted octanol–water partition coefficient (Wildman–Crippen LogP) is 2.24. The Morgan fingerprint density at radius 3 is 2.73 bits per heavy atom. The van der Waals surface area contributed by atoms with Gasteiger partial charge < -0.3 is 15.2 Å². The highest BCUT2D eigenvalue weighted by Crippen LogP contribution is 2.24. The van der Waals surface area contributed by atoms with E-state index < -0.39 is 17.9 Å². The van der Waals surface area contributed by atoms with Crippen LogP contribution in [0.2, 0.25) is 0 Å². The Morgan fingerprint density at radius 2 is 2.18 bits per heavy atom. The van der Waals surface area contributed by atoms with Gasteiger partial charge in [0.25, 0.3) is 5.91 Å². The van der Waals surface area contributed by atoms with E-state index in [0.29, 0.717) is 17.9 Å². The number of amides is 1. The average molecular weight is 306 g/mol. The number of aromatic nitrogens is 1. The second-order valence-corrected chi connectivity index (χ2v) is 6.05. The highest BCUT2D eigenvalue weighted by atomic mass is 16.5. The van der Waals surface area contributed by atoms with Gasteiger partial charge in [-0.25, -0.2) is 9.78 Å². The van der Waals surface area contributed by atoms with Crippen molar-refractivity contribution < 1.29 is 19.4 Å². The highest BCUT2D eigenvalue weighted by molar-refractivity contribution is 5.96. The summed E-state index contributed by atoms with van der Waals surface area (Å²) in [4.78, 5) is 27.5. The van der Waals surface area contributed by atoms with E-state index in [-0.39, 0.29) is 12.0 Å². The number of rotatable bonds is 7. The molecule has 1 amide bonds. The molecular formula is C16H22N2O4. The summed E-state index contributed by atoms with van der Waals surface area (Å²) in [6, 6.07) is 2.22. The Kier molecular flexibility index (Phi) is 5.35. The Balaban J connectivity index is 2.01. The molecule has 2 rings (SSSR count). The lowest BCUT2D eigenvalue weighted by Crippen LogP contribution is -2.41. The maximum atomic E-state index is 12.2. The minimum atomic E-state index is -1.03. The largest absolute Gasteiger partial charge is 0.480 e. The van der Waals surface area contributed by atoms with Crippen LogP contribution in [0.25, 0.3) is 0 Å². The molecule has 1 fully saturated rings. The summed E-state index contributed by atoms with van der Waals surface area (Å²) in [5.74, 6) is -0.861. The molecule has 0 aromatic carbocycles. The van der Waals surface area contributed by atoms with Crippen molar-refractivity contribution in [2.45, 2.75) is 51.7 Å². The number of carboxylic acid groups (broad SMARTS) is 1. The van der Waals surface area contributed by atoms with Crippen molar-refractivity contribution in [1.82, 2.24) is 10.3 Å². The van der Waals surface area contributed by atoms with Gasteiger partial charge in [0.15, 0.2) is 0 Å². The van der Waals surface area contributed by atoms with Crippen LogP contribution in [-0.4, -0.2) is 34.1 Å². The van der Waals surface area contributed by atoms with Crippen molar-refractivity contribution in [3.8, 4) is 5.88 Å². The van der Waals surface area contributed by atoms with E-state index in [1.165, 1.54) is 6.20 Å². The van der Waals surface area contributed by atoms with Crippen LogP contribution in [0.1, 0.15) is 49.9 Å². The van der Waals surface area contributed by atoms with Crippen molar-refractivity contribution in [1.29, 1.82) is 0 Å². The third-order valence-electron chi connectivity index (χ3n) is 3.65. The topological polar surface area (TPSA) is 88.5 Å². The van der Waals surface area contributed by atoms with Crippen molar-refractivity contribution in [2.75, 3.05) is 0 Å². The van der Waals surface area contributed by atoms with E-state index in [1.807, 2.05) is 13.8 Å². The van der Waals surface area contributed by atoms with Crippen LogP contribution in [0.4, 0.5) is 0 Å². The SMILES string of the molecule is CC(C)CC(NC(=O)c1ccnc(OC2CCC2)c1)C(=O)O. The van der Waals surface area contributed by atoms with Gasteiger partial charge in [0.05, 0.1) is 0 Å². The number of hydrogen-bond acceptors (Lipinski definition) is 4. The van der Waals surface area contributed by atoms with Gasteiger partial charge in [-0.05, 0) is 37.7 Å². The number of nitrogens with zero attached hydrogens (tertiary/aromatic N) is 1. The fraction of sp³-hybridized carbons (Fsp3) is 0.562. The molecule has 22 heavy (non-hydrogen) atoms. The van der Waals surface area contributed by atoms with Crippen LogP contribution < -0.4 is 10.1 Å². The van der Waals surface area contributed by atoms with Crippen LogP contribution in [0.15, 0.2) is 18.3 Å². The zero-order valence-electron chi connectivity index (χ0n) is 12.9. The molecule has 1 aliphatic rings. The van der Waals surface area contributed by atoms with Gasteiger partial charge >= 0.3 is 5.97 Å². The number of ether oxygens (including phenoxy) is 1. The number of nitrogens with one attached hydrogen (secondary N) is 1. The van der Waals surface area contributed by atoms with Crippen LogP contribution in [0.5, 0.6) is 5.88 Å². The molecule has 2 N–H and O–H groups in total. The van der Waals surface area contributed by atoms with Gasteiger partial charge in [0.1, 0.15) is 12.1 Å². The summed E-state index contributed by atoms with van der Waals surface area (Å²) in [6.45, 7) is 3.83. The van der Waals surface area contributed by atoms with E-state index in [2.05, 4.69) is 10.3 Å². The maximum Gasteiger partial charge on any atom is 0.326 e. The predicted molar refractivity (Wildman–Crippen MR) is 80.8 cm³/mol. The molecule has 0 bridgehead atoms. The molecule has 0 radical (unpaired) electrons. The summed E-state index contributed by atoms with van der Waals surface area (Å²) in [5, 5.41) is 11.7. The van der Waals surface area contributed by atoms with Crippen molar-refractivity contribution in [3.05, 3.63) is 23.9 Å². The van der Waals surface area contributed by atoms with E-state index >= 15 is 0 Å². The fourth-order valence-electron chi connectivity index (χ4n) is 2.21. The fourth-order valence-corrected chi connectivity index (χ4v) is 2.21. The summed E-state index contributed by atoms with van der Waals surface area (Å²) in [7, 11) is 0. The number of carboxylic acids is 1. The molecule has 120 valence electrons. The Bertz CT molecular complexity index is 541. The zero-order chi connectivity index (χ0) is 16.1. The second-order valence-electron chi connectivity index (χ2n) is 6.05. The lowest BCUT2D eigenvalue weighted by molar-refractivity contribution is -0.139. The number of aliphatic carboxylic acids is 1. The average Bonchev–Trinajstić information content (AvgIpc) is 2.42. The van der Waals surface area contributed by atoms with Gasteiger partial charge in [-0.1, -0.05) is 13.8 Å². The summed E-state index contributed by atoms with van der Waals surface area (Å²) < 4.78 is 5.65.